The van der Waals surface area contributed by atoms with E-state index in [0.29, 0.717) is 121 Å². The molecule has 0 saturated carbocycles. The Morgan fingerprint density at radius 2 is 0.856 bits per heavy atom. The fraction of sp³-hybridized carbons (Fsp3) is 0.439. The number of imidazole rings is 3. The quantitative estimate of drug-likeness (QED) is 0.0210. The highest BCUT2D eigenvalue weighted by Gasteiger charge is 2.33. The second-order valence-electron chi connectivity index (χ2n) is 28.4. The average molecular weight is 1770 g/mol. The number of rotatable bonds is 52. The summed E-state index contributed by atoms with van der Waals surface area (Å²) in [5, 5.41) is 37.4. The summed E-state index contributed by atoms with van der Waals surface area (Å²) < 4.78 is 59.5. The molecule has 0 unspecified atom stereocenters. The van der Waals surface area contributed by atoms with Crippen LogP contribution in [0.3, 0.4) is 0 Å². The van der Waals surface area contributed by atoms with Crippen molar-refractivity contribution in [2.75, 3.05) is 170 Å². The lowest BCUT2D eigenvalue weighted by Gasteiger charge is -2.13. The number of nitrogens with one attached hydrogen (secondary N) is 10. The van der Waals surface area contributed by atoms with Crippen molar-refractivity contribution in [1.82, 2.24) is 73.8 Å². The molecule has 10 rings (SSSR count). The van der Waals surface area contributed by atoms with Gasteiger partial charge >= 0.3 is 0 Å². The van der Waals surface area contributed by atoms with Gasteiger partial charge in [0.15, 0.2) is 23.3 Å². The van der Waals surface area contributed by atoms with Gasteiger partial charge in [0.2, 0.25) is 47.0 Å². The number of thiophene rings is 1. The summed E-state index contributed by atoms with van der Waals surface area (Å²) in [6, 6.07) is 17.0. The lowest BCUT2D eigenvalue weighted by Crippen LogP contribution is -2.31. The number of hydrogen-bond acceptors (Lipinski definition) is 26. The molecule has 10 amide bonds. The summed E-state index contributed by atoms with van der Waals surface area (Å²) in [6.45, 7) is 13.8. The van der Waals surface area contributed by atoms with Crippen molar-refractivity contribution in [2.24, 2.45) is 40.2 Å². The van der Waals surface area contributed by atoms with E-state index in [-0.39, 0.29) is 135 Å². The highest BCUT2D eigenvalue weighted by Crippen LogP contribution is 2.40. The molecule has 1 aliphatic heterocycles. The Bertz CT molecular complexity index is 5220. The molecule has 0 spiro atoms. The van der Waals surface area contributed by atoms with E-state index in [0.717, 1.165) is 44.5 Å². The Kier molecular flexibility index (Phi) is 36.4. The highest BCUT2D eigenvalue weighted by molar-refractivity contribution is 7.15. The van der Waals surface area contributed by atoms with E-state index in [4.69, 9.17) is 59.2 Å². The molecular formula is C82H105ClN22O19S. The van der Waals surface area contributed by atoms with Crippen LogP contribution in [0.15, 0.2) is 96.6 Å². The smallest absolute Gasteiger partial charge is 0.291 e. The zero-order valence-electron chi connectivity index (χ0n) is 71.0. The lowest BCUT2D eigenvalue weighted by molar-refractivity contribution is -0.126. The van der Waals surface area contributed by atoms with Crippen LogP contribution in [0.4, 0.5) is 34.5 Å². The third-order valence-corrected chi connectivity index (χ3v) is 20.2. The van der Waals surface area contributed by atoms with Gasteiger partial charge in [-0.15, -0.1) is 21.5 Å². The number of anilines is 6. The van der Waals surface area contributed by atoms with Gasteiger partial charge in [0, 0.05) is 138 Å². The molecule has 670 valence electrons. The molecule has 9 aromatic rings. The molecule has 1 atom stereocenters. The first-order chi connectivity index (χ1) is 60.3. The van der Waals surface area contributed by atoms with Crippen molar-refractivity contribution >= 4 is 122 Å². The number of carbonyl (C=O) groups excluding carboxylic acids is 10. The molecule has 125 heavy (non-hydrogen) atoms. The average Bonchev–Trinajstić information content (AvgIpc) is 1.59. The first-order valence-corrected chi connectivity index (χ1v) is 41.6. The summed E-state index contributed by atoms with van der Waals surface area (Å²) >= 11 is 7.92. The van der Waals surface area contributed by atoms with E-state index in [2.05, 4.69) is 92.2 Å². The van der Waals surface area contributed by atoms with Gasteiger partial charge in [-0.25, -0.2) is 15.0 Å². The lowest BCUT2D eigenvalue weighted by atomic mass is 9.99. The van der Waals surface area contributed by atoms with Crippen LogP contribution in [0.25, 0.3) is 5.00 Å². The van der Waals surface area contributed by atoms with Gasteiger partial charge in [0.1, 0.15) is 47.2 Å². The molecule has 2 aromatic carbocycles. The maximum absolute atomic E-state index is 13.6. The van der Waals surface area contributed by atoms with Crippen LogP contribution in [-0.2, 0) is 97.1 Å². The van der Waals surface area contributed by atoms with Gasteiger partial charge in [0.25, 0.3) is 29.5 Å². The molecular weight excluding hydrogens is 1660 g/mol. The molecule has 10 N–H and O–H groups in total. The number of fused-ring (bicyclic) bond motifs is 3. The van der Waals surface area contributed by atoms with Gasteiger partial charge in [-0.3, -0.25) is 57.5 Å². The Labute approximate surface area is 729 Å². The Balaban J connectivity index is 0.479. The summed E-state index contributed by atoms with van der Waals surface area (Å²) in [7, 11) is 7.93. The molecule has 0 aliphatic carbocycles. The number of amides is 10. The van der Waals surface area contributed by atoms with E-state index in [1.54, 1.807) is 70.8 Å². The molecule has 43 heteroatoms. The van der Waals surface area contributed by atoms with Crippen molar-refractivity contribution in [3.05, 3.63) is 159 Å². The Morgan fingerprint density at radius 1 is 0.432 bits per heavy atom. The summed E-state index contributed by atoms with van der Waals surface area (Å²) in [5.41, 5.74) is 5.26. The number of halogens is 1. The molecule has 8 heterocycles. The normalized spacial score (nSPS) is 12.2. The fourth-order valence-electron chi connectivity index (χ4n) is 12.4. The second-order valence-corrected chi connectivity index (χ2v) is 30.1. The third kappa shape index (κ3) is 28.8. The molecule has 0 bridgehead atoms. The predicted molar refractivity (Wildman–Crippen MR) is 461 cm³/mol. The van der Waals surface area contributed by atoms with Crippen molar-refractivity contribution < 1.29 is 90.6 Å². The van der Waals surface area contributed by atoms with Crippen molar-refractivity contribution in [2.45, 2.75) is 65.8 Å². The van der Waals surface area contributed by atoms with E-state index >= 15 is 0 Å². The van der Waals surface area contributed by atoms with Crippen LogP contribution < -0.4 is 57.9 Å². The molecule has 1 aliphatic rings. The topological polar surface area (TPSA) is 480 Å². The van der Waals surface area contributed by atoms with Crippen LogP contribution in [0, 0.1) is 20.8 Å². The zero-order chi connectivity index (χ0) is 89.3. The summed E-state index contributed by atoms with van der Waals surface area (Å²) in [5.74, 6) is -2.53. The monoisotopic (exact) mass is 1770 g/mol. The van der Waals surface area contributed by atoms with Crippen LogP contribution in [0.5, 0.6) is 5.75 Å². The number of aromatic nitrogens is 11. The van der Waals surface area contributed by atoms with Crippen LogP contribution in [-0.4, -0.2) is 256 Å². The number of benzene rings is 2. The van der Waals surface area contributed by atoms with Crippen molar-refractivity contribution in [1.29, 1.82) is 0 Å². The van der Waals surface area contributed by atoms with Gasteiger partial charge in [-0.05, 0) is 81.3 Å². The van der Waals surface area contributed by atoms with E-state index in [1.807, 2.05) is 42.7 Å². The SMILES string of the molecule is CCCNC(=O)c1nc(NC(=O)CCNC(=O)c2cc(NC(=O)c3nc(NC(=O)CCNC(=O)c4cc(NC(=O)c5nc(NC(=O)CCNC(=O)COCCOCCOCCOCCOCCOCCOCCOCCOc6ccc(NC(=O)C[C@@H]7N=C(c8ccc(Cl)cc8)c8c(sc(C)c8C)-n8c(C)nnc87)cc6)cn5C)cn4C)cn3C)cn2C)cn1C. The van der Waals surface area contributed by atoms with Gasteiger partial charge in [0.05, 0.1) is 123 Å². The van der Waals surface area contributed by atoms with Crippen LogP contribution in [0.2, 0.25) is 5.02 Å². The summed E-state index contributed by atoms with van der Waals surface area (Å²) in [4.78, 5) is 148. The Morgan fingerprint density at radius 3 is 1.31 bits per heavy atom. The number of carbonyl (C=O) groups is 10. The number of nitrogens with zero attached hydrogens (tertiary/aromatic N) is 12. The minimum Gasteiger partial charge on any atom is -0.491 e. The number of aryl methyl sites for hydroxylation is 7. The second kappa shape index (κ2) is 48.0. The van der Waals surface area contributed by atoms with E-state index in [1.165, 1.54) is 66.0 Å². The summed E-state index contributed by atoms with van der Waals surface area (Å²) in [6.07, 6.45) is 7.82. The minimum absolute atomic E-state index is 0.00265. The fourth-order valence-corrected chi connectivity index (χ4v) is 13.8. The van der Waals surface area contributed by atoms with Crippen molar-refractivity contribution in [3.8, 4) is 10.8 Å². The standard InChI is InChI=1S/C82H105ClN22O19S/c1-10-22-85-79(113)74-95-63(47-102(74)7)92-67(107)20-24-86-77(111)61-43-58(46-100(61)5)90-81(115)76-97-65(49-104(76)9)94-68(108)21-25-87-78(112)62-42-57(45-101(62)6)89-80(114)75-96-64(48-103(75)8)93-66(106)19-23-84-70(110)50-123-39-38-121-35-34-119-31-30-117-27-26-116-28-29-118-32-33-120-36-37-122-40-41-124-59-17-15-56(16-18-59)88-69(109)44-60-73-99-98-53(4)105(73)82-71(51(2)52(3)125-82)72(91-60)54-11-13-55(83)14-12-54/h11-18,42-43,45-49,60H,10,19-41,44,50H2,1-9H3,(H,84,110)(H,85,113)(H,86,111)(H,87,112)(H,88,109)(H,89,114)(H,90,115)(H,92,107)(H,93,106)(H,94,108)/t60-/m0/s1. The zero-order valence-corrected chi connectivity index (χ0v) is 72.6. The predicted octanol–water partition coefficient (Wildman–Crippen LogP) is 5.52. The molecule has 7 aromatic heterocycles. The number of aliphatic imine (C=N–C) groups is 1. The van der Waals surface area contributed by atoms with Crippen LogP contribution >= 0.6 is 22.9 Å². The third-order valence-electron chi connectivity index (χ3n) is 18.7. The maximum atomic E-state index is 13.6. The number of hydrogen-bond donors (Lipinski definition) is 10. The van der Waals surface area contributed by atoms with Gasteiger partial charge in [-0.1, -0.05) is 30.7 Å². The Hall–Kier alpha value is -12.4. The van der Waals surface area contributed by atoms with Crippen molar-refractivity contribution in [3.63, 3.8) is 0 Å². The minimum atomic E-state index is -0.646. The molecule has 0 saturated heterocycles. The first-order valence-electron chi connectivity index (χ1n) is 40.4. The largest absolute Gasteiger partial charge is 0.491 e. The van der Waals surface area contributed by atoms with Gasteiger partial charge in [-0.2, -0.15) is 0 Å². The van der Waals surface area contributed by atoms with Gasteiger partial charge < -0.3 is 119 Å². The van der Waals surface area contributed by atoms with Crippen LogP contribution in [0.1, 0.15) is 131 Å². The maximum Gasteiger partial charge on any atom is 0.291 e. The molecule has 0 fully saturated rings. The molecule has 0 radical (unpaired) electrons. The number of ether oxygens (including phenoxy) is 9. The first kappa shape index (κ1) is 94.9. The van der Waals surface area contributed by atoms with E-state index in [9.17, 15) is 47.9 Å². The van der Waals surface area contributed by atoms with E-state index < -0.39 is 53.3 Å². The highest BCUT2D eigenvalue weighted by atomic mass is 35.5. The molecule has 41 nitrogen and oxygen atoms in total.